The van der Waals surface area contributed by atoms with Gasteiger partial charge in [0.2, 0.25) is 0 Å². The van der Waals surface area contributed by atoms with E-state index in [0.717, 1.165) is 42.2 Å². The molecule has 2 aromatic heterocycles. The smallest absolute Gasteiger partial charge is 0.154 e. The summed E-state index contributed by atoms with van der Waals surface area (Å²) in [5.74, 6) is 1.65. The summed E-state index contributed by atoms with van der Waals surface area (Å²) in [6, 6.07) is 5.74. The Labute approximate surface area is 143 Å². The molecule has 1 aliphatic heterocycles. The predicted molar refractivity (Wildman–Crippen MR) is 93.2 cm³/mol. The number of rotatable bonds is 2. The summed E-state index contributed by atoms with van der Waals surface area (Å²) in [5, 5.41) is 1.02. The van der Waals surface area contributed by atoms with Gasteiger partial charge in [-0.05, 0) is 18.6 Å². The lowest BCUT2D eigenvalue weighted by molar-refractivity contribution is 0.751. The summed E-state index contributed by atoms with van der Waals surface area (Å²) in [4.78, 5) is 11.3. The van der Waals surface area contributed by atoms with Crippen molar-refractivity contribution in [2.24, 2.45) is 5.73 Å². The summed E-state index contributed by atoms with van der Waals surface area (Å²) in [5.41, 5.74) is 7.75. The minimum absolute atomic E-state index is 0.196. The minimum atomic E-state index is 0.196. The lowest BCUT2D eigenvalue weighted by Gasteiger charge is -2.17. The van der Waals surface area contributed by atoms with Gasteiger partial charge in [-0.3, -0.25) is 4.40 Å². The summed E-state index contributed by atoms with van der Waals surface area (Å²) >= 11 is 12.5. The van der Waals surface area contributed by atoms with Crippen molar-refractivity contribution in [3.63, 3.8) is 0 Å². The molecule has 0 radical (unpaired) electrons. The van der Waals surface area contributed by atoms with Crippen molar-refractivity contribution >= 4 is 34.5 Å². The molecule has 0 amide bonds. The van der Waals surface area contributed by atoms with Gasteiger partial charge in [0.25, 0.3) is 0 Å². The molecule has 0 bridgehead atoms. The number of halogens is 2. The standard InChI is InChI=1S/C16H15Cl2N5/c17-12-3-1-2-11(14(12)18)15-21-8-13-16(20-5-7-23(13)15)22-6-4-10(19)9-22/h1-3,5,7-8,10H,4,6,9,19H2. The molecule has 4 rings (SSSR count). The molecule has 1 saturated heterocycles. The first-order valence-corrected chi connectivity index (χ1v) is 8.17. The van der Waals surface area contributed by atoms with Crippen molar-refractivity contribution < 1.29 is 0 Å². The van der Waals surface area contributed by atoms with Crippen LogP contribution in [-0.4, -0.2) is 33.5 Å². The van der Waals surface area contributed by atoms with E-state index in [1.165, 1.54) is 0 Å². The van der Waals surface area contributed by atoms with Crippen molar-refractivity contribution in [3.8, 4) is 11.4 Å². The minimum Gasteiger partial charge on any atom is -0.353 e. The van der Waals surface area contributed by atoms with Gasteiger partial charge in [-0.15, -0.1) is 0 Å². The van der Waals surface area contributed by atoms with Crippen molar-refractivity contribution in [2.45, 2.75) is 12.5 Å². The van der Waals surface area contributed by atoms with Gasteiger partial charge in [0.1, 0.15) is 11.3 Å². The van der Waals surface area contributed by atoms with Crippen LogP contribution in [0.3, 0.4) is 0 Å². The Balaban J connectivity index is 1.86. The van der Waals surface area contributed by atoms with Crippen LogP contribution in [0, 0.1) is 0 Å². The van der Waals surface area contributed by atoms with Gasteiger partial charge in [0.05, 0.1) is 16.2 Å². The third kappa shape index (κ3) is 2.45. The fourth-order valence-corrected chi connectivity index (χ4v) is 3.40. The molecule has 5 nitrogen and oxygen atoms in total. The van der Waals surface area contributed by atoms with Gasteiger partial charge in [-0.1, -0.05) is 29.3 Å². The highest BCUT2D eigenvalue weighted by molar-refractivity contribution is 6.43. The maximum absolute atomic E-state index is 6.34. The first kappa shape index (κ1) is 14.8. The lowest BCUT2D eigenvalue weighted by Crippen LogP contribution is -2.27. The first-order chi connectivity index (χ1) is 11.1. The molecule has 1 aliphatic rings. The largest absolute Gasteiger partial charge is 0.353 e. The van der Waals surface area contributed by atoms with Crippen LogP contribution >= 0.6 is 23.2 Å². The highest BCUT2D eigenvalue weighted by atomic mass is 35.5. The van der Waals surface area contributed by atoms with Crippen molar-refractivity contribution in [1.82, 2.24) is 14.4 Å². The normalized spacial score (nSPS) is 18.0. The predicted octanol–water partition coefficient (Wildman–Crippen LogP) is 3.24. The van der Waals surface area contributed by atoms with E-state index in [4.69, 9.17) is 28.9 Å². The molecule has 1 fully saturated rings. The second-order valence-corrected chi connectivity index (χ2v) is 6.47. The fraction of sp³-hybridized carbons (Fsp3) is 0.250. The molecule has 1 aromatic carbocycles. The van der Waals surface area contributed by atoms with E-state index in [1.54, 1.807) is 12.3 Å². The molecule has 1 unspecified atom stereocenters. The lowest BCUT2D eigenvalue weighted by atomic mass is 10.2. The molecule has 23 heavy (non-hydrogen) atoms. The Morgan fingerprint density at radius 3 is 2.87 bits per heavy atom. The summed E-state index contributed by atoms with van der Waals surface area (Å²) < 4.78 is 1.99. The molecule has 0 spiro atoms. The molecule has 118 valence electrons. The van der Waals surface area contributed by atoms with Crippen molar-refractivity contribution in [2.75, 3.05) is 18.0 Å². The van der Waals surface area contributed by atoms with Crippen LogP contribution in [0.2, 0.25) is 10.0 Å². The Bertz CT molecular complexity index is 876. The van der Waals surface area contributed by atoms with Gasteiger partial charge in [0, 0.05) is 37.1 Å². The number of nitrogens with zero attached hydrogens (tertiary/aromatic N) is 4. The molecule has 2 N–H and O–H groups in total. The molecular formula is C16H15Cl2N5. The van der Waals surface area contributed by atoms with Gasteiger partial charge in [-0.2, -0.15) is 0 Å². The Morgan fingerprint density at radius 2 is 2.09 bits per heavy atom. The van der Waals surface area contributed by atoms with Crippen molar-refractivity contribution in [1.29, 1.82) is 0 Å². The van der Waals surface area contributed by atoms with Crippen LogP contribution in [0.1, 0.15) is 6.42 Å². The molecule has 1 atom stereocenters. The zero-order valence-electron chi connectivity index (χ0n) is 12.3. The van der Waals surface area contributed by atoms with Crippen LogP contribution in [0.4, 0.5) is 5.82 Å². The maximum Gasteiger partial charge on any atom is 0.154 e. The fourth-order valence-electron chi connectivity index (χ4n) is 3.01. The molecule has 3 aromatic rings. The van der Waals surface area contributed by atoms with E-state index in [0.29, 0.717) is 10.0 Å². The zero-order chi connectivity index (χ0) is 16.0. The van der Waals surface area contributed by atoms with Crippen LogP contribution in [0.25, 0.3) is 16.9 Å². The van der Waals surface area contributed by atoms with Crippen LogP contribution in [0.15, 0.2) is 36.8 Å². The monoisotopic (exact) mass is 347 g/mol. The average Bonchev–Trinajstić information content (AvgIpc) is 3.16. The molecule has 0 saturated carbocycles. The van der Waals surface area contributed by atoms with Gasteiger partial charge >= 0.3 is 0 Å². The van der Waals surface area contributed by atoms with E-state index >= 15 is 0 Å². The molecule has 0 aliphatic carbocycles. The molecule has 3 heterocycles. The second-order valence-electron chi connectivity index (χ2n) is 5.68. The topological polar surface area (TPSA) is 59.5 Å². The third-order valence-corrected chi connectivity index (χ3v) is 4.97. The van der Waals surface area contributed by atoms with Gasteiger partial charge in [-0.25, -0.2) is 9.97 Å². The number of aromatic nitrogens is 3. The number of anilines is 1. The molecule has 7 heteroatoms. The number of benzene rings is 1. The zero-order valence-corrected chi connectivity index (χ0v) is 13.8. The Morgan fingerprint density at radius 1 is 1.22 bits per heavy atom. The summed E-state index contributed by atoms with van der Waals surface area (Å²) in [7, 11) is 0. The maximum atomic E-state index is 6.34. The van der Waals surface area contributed by atoms with E-state index in [-0.39, 0.29) is 6.04 Å². The first-order valence-electron chi connectivity index (χ1n) is 7.42. The van der Waals surface area contributed by atoms with E-state index in [1.807, 2.05) is 28.9 Å². The average molecular weight is 348 g/mol. The van der Waals surface area contributed by atoms with Gasteiger partial charge < -0.3 is 10.6 Å². The van der Waals surface area contributed by atoms with Crippen molar-refractivity contribution in [3.05, 3.63) is 46.8 Å². The highest BCUT2D eigenvalue weighted by Gasteiger charge is 2.23. The summed E-state index contributed by atoms with van der Waals surface area (Å²) in [6.07, 6.45) is 6.45. The third-order valence-electron chi connectivity index (χ3n) is 4.16. The van der Waals surface area contributed by atoms with E-state index < -0.39 is 0 Å². The quantitative estimate of drug-likeness (QED) is 0.772. The SMILES string of the molecule is NC1CCN(c2nccn3c(-c4cccc(Cl)c4Cl)ncc23)C1. The summed E-state index contributed by atoms with van der Waals surface area (Å²) in [6.45, 7) is 1.72. The van der Waals surface area contributed by atoms with E-state index in [9.17, 15) is 0 Å². The number of fused-ring (bicyclic) bond motifs is 1. The number of imidazole rings is 1. The Hall–Kier alpha value is -1.82. The van der Waals surface area contributed by atoms with Crippen LogP contribution in [-0.2, 0) is 0 Å². The number of hydrogen-bond acceptors (Lipinski definition) is 4. The Kier molecular flexibility index (Phi) is 3.64. The number of nitrogens with two attached hydrogens (primary N) is 1. The van der Waals surface area contributed by atoms with Gasteiger partial charge in [0.15, 0.2) is 5.82 Å². The van der Waals surface area contributed by atoms with E-state index in [2.05, 4.69) is 14.9 Å². The van der Waals surface area contributed by atoms with Crippen LogP contribution < -0.4 is 10.6 Å². The second kappa shape index (κ2) is 5.67. The molecular weight excluding hydrogens is 333 g/mol. The highest BCUT2D eigenvalue weighted by Crippen LogP contribution is 2.34. The van der Waals surface area contributed by atoms with Crippen LogP contribution in [0.5, 0.6) is 0 Å². The number of hydrogen-bond donors (Lipinski definition) is 1.